The first-order chi connectivity index (χ1) is 14.0. The van der Waals surface area contributed by atoms with E-state index in [2.05, 4.69) is 29.3 Å². The normalized spacial score (nSPS) is 17.3. The van der Waals surface area contributed by atoms with Gasteiger partial charge in [-0.1, -0.05) is 30.3 Å². The Labute approximate surface area is 199 Å². The van der Waals surface area contributed by atoms with Crippen LogP contribution < -0.4 is 5.32 Å². The minimum absolute atomic E-state index is 0. The number of rotatable bonds is 11. The highest BCUT2D eigenvalue weighted by Gasteiger charge is 2.25. The fourth-order valence-electron chi connectivity index (χ4n) is 3.34. The van der Waals surface area contributed by atoms with Crippen molar-refractivity contribution in [2.24, 2.45) is 10.9 Å². The lowest BCUT2D eigenvalue weighted by atomic mass is 10.1. The van der Waals surface area contributed by atoms with E-state index in [0.717, 1.165) is 38.6 Å². The second-order valence-corrected chi connectivity index (χ2v) is 9.78. The summed E-state index contributed by atoms with van der Waals surface area (Å²) in [5.74, 6) is 1.55. The van der Waals surface area contributed by atoms with Gasteiger partial charge >= 0.3 is 0 Å². The number of ether oxygens (including phenoxy) is 1. The van der Waals surface area contributed by atoms with Gasteiger partial charge in [-0.3, -0.25) is 4.99 Å². The van der Waals surface area contributed by atoms with Gasteiger partial charge in [0.25, 0.3) is 0 Å². The first-order valence-corrected chi connectivity index (χ1v) is 12.2. The number of likely N-dealkylation sites (tertiary alicyclic amines) is 1. The molecule has 1 aliphatic heterocycles. The maximum atomic E-state index is 11.8. The van der Waals surface area contributed by atoms with Crippen LogP contribution in [0.2, 0.25) is 0 Å². The van der Waals surface area contributed by atoms with E-state index in [9.17, 15) is 8.42 Å². The third-order valence-electron chi connectivity index (χ3n) is 5.12. The second-order valence-electron chi connectivity index (χ2n) is 7.41. The summed E-state index contributed by atoms with van der Waals surface area (Å²) in [5.41, 5.74) is 1.20. The third-order valence-corrected chi connectivity index (χ3v) is 6.98. The molecule has 1 fully saturated rings. The first-order valence-electron chi connectivity index (χ1n) is 10.5. The molecule has 1 unspecified atom stereocenters. The van der Waals surface area contributed by atoms with Gasteiger partial charge in [0.1, 0.15) is 0 Å². The molecular weight excluding hydrogens is 515 g/mol. The standard InChI is InChI=1S/C21H36N4O3S.HI/c1-4-22-21(23-13-9-14-24(3)29(26,27)5-2)25-15-12-20(16-25)18-28-17-19-10-7-6-8-11-19;/h6-8,10-11,20H,4-5,9,12-18H2,1-3H3,(H,22,23);1H. The van der Waals surface area contributed by atoms with Crippen LogP contribution in [0.5, 0.6) is 0 Å². The van der Waals surface area contributed by atoms with Crippen LogP contribution in [0.25, 0.3) is 0 Å². The van der Waals surface area contributed by atoms with Gasteiger partial charge in [0.05, 0.1) is 19.0 Å². The van der Waals surface area contributed by atoms with Crippen molar-refractivity contribution in [1.82, 2.24) is 14.5 Å². The van der Waals surface area contributed by atoms with Crippen molar-refractivity contribution in [3.8, 4) is 0 Å². The first kappa shape index (κ1) is 27.1. The third kappa shape index (κ3) is 9.07. The Bertz CT molecular complexity index is 731. The average molecular weight is 553 g/mol. The van der Waals surface area contributed by atoms with Crippen molar-refractivity contribution in [2.75, 3.05) is 52.1 Å². The topological polar surface area (TPSA) is 74.2 Å². The summed E-state index contributed by atoms with van der Waals surface area (Å²) in [6.07, 6.45) is 1.80. The van der Waals surface area contributed by atoms with Crippen LogP contribution in [0.15, 0.2) is 35.3 Å². The SMILES string of the molecule is CCNC(=NCCCN(C)S(=O)(=O)CC)N1CCC(COCc2ccccc2)C1.I. The van der Waals surface area contributed by atoms with E-state index in [4.69, 9.17) is 9.73 Å². The smallest absolute Gasteiger partial charge is 0.213 e. The number of benzene rings is 1. The Morgan fingerprint density at radius 3 is 2.70 bits per heavy atom. The van der Waals surface area contributed by atoms with Crippen molar-refractivity contribution in [2.45, 2.75) is 33.3 Å². The Morgan fingerprint density at radius 2 is 2.03 bits per heavy atom. The van der Waals surface area contributed by atoms with E-state index in [0.29, 0.717) is 32.0 Å². The van der Waals surface area contributed by atoms with Crippen molar-refractivity contribution < 1.29 is 13.2 Å². The zero-order valence-electron chi connectivity index (χ0n) is 18.4. The lowest BCUT2D eigenvalue weighted by Gasteiger charge is -2.22. The molecule has 1 aromatic carbocycles. The number of nitrogens with one attached hydrogen (secondary N) is 1. The summed E-state index contributed by atoms with van der Waals surface area (Å²) < 4.78 is 31.0. The molecule has 7 nitrogen and oxygen atoms in total. The molecule has 2 rings (SSSR count). The summed E-state index contributed by atoms with van der Waals surface area (Å²) >= 11 is 0. The van der Waals surface area contributed by atoms with E-state index < -0.39 is 10.0 Å². The van der Waals surface area contributed by atoms with Crippen LogP contribution >= 0.6 is 24.0 Å². The number of nitrogens with zero attached hydrogens (tertiary/aromatic N) is 3. The van der Waals surface area contributed by atoms with Gasteiger partial charge in [0.2, 0.25) is 10.0 Å². The largest absolute Gasteiger partial charge is 0.376 e. The van der Waals surface area contributed by atoms with Crippen molar-refractivity contribution >= 4 is 40.0 Å². The fraction of sp³-hybridized carbons (Fsp3) is 0.667. The van der Waals surface area contributed by atoms with E-state index in [1.54, 1.807) is 14.0 Å². The molecule has 0 aliphatic carbocycles. The molecule has 1 saturated heterocycles. The van der Waals surface area contributed by atoms with Crippen molar-refractivity contribution in [3.05, 3.63) is 35.9 Å². The van der Waals surface area contributed by atoms with Crippen LogP contribution in [-0.4, -0.2) is 75.7 Å². The van der Waals surface area contributed by atoms with Crippen molar-refractivity contribution in [1.29, 1.82) is 0 Å². The molecule has 1 atom stereocenters. The quantitative estimate of drug-likeness (QED) is 0.198. The monoisotopic (exact) mass is 552 g/mol. The Hall–Kier alpha value is -0.910. The number of hydrogen-bond acceptors (Lipinski definition) is 4. The van der Waals surface area contributed by atoms with E-state index in [1.165, 1.54) is 9.87 Å². The molecule has 1 aliphatic rings. The maximum absolute atomic E-state index is 11.8. The molecule has 0 radical (unpaired) electrons. The zero-order chi connectivity index (χ0) is 21.1. The lowest BCUT2D eigenvalue weighted by molar-refractivity contribution is 0.0907. The summed E-state index contributed by atoms with van der Waals surface area (Å²) in [7, 11) is -1.48. The molecule has 1 aromatic rings. The summed E-state index contributed by atoms with van der Waals surface area (Å²) in [6, 6.07) is 10.2. The molecule has 30 heavy (non-hydrogen) atoms. The van der Waals surface area contributed by atoms with Gasteiger partial charge in [-0.2, -0.15) is 0 Å². The van der Waals surface area contributed by atoms with E-state index in [1.807, 2.05) is 18.2 Å². The minimum Gasteiger partial charge on any atom is -0.376 e. The molecule has 0 bridgehead atoms. The highest BCUT2D eigenvalue weighted by Crippen LogP contribution is 2.17. The van der Waals surface area contributed by atoms with E-state index in [-0.39, 0.29) is 29.7 Å². The van der Waals surface area contributed by atoms with Crippen LogP contribution in [0.4, 0.5) is 0 Å². The fourth-order valence-corrected chi connectivity index (χ4v) is 4.19. The Balaban J connectivity index is 0.00000450. The van der Waals surface area contributed by atoms with Gasteiger partial charge < -0.3 is 15.0 Å². The summed E-state index contributed by atoms with van der Waals surface area (Å²) in [6.45, 7) is 8.96. The molecule has 0 saturated carbocycles. The number of halogens is 1. The molecule has 0 spiro atoms. The molecule has 1 heterocycles. The van der Waals surface area contributed by atoms with Crippen LogP contribution in [0.3, 0.4) is 0 Å². The van der Waals surface area contributed by atoms with Crippen LogP contribution in [-0.2, 0) is 21.4 Å². The number of aliphatic imine (C=N–C) groups is 1. The average Bonchev–Trinajstić information content (AvgIpc) is 3.19. The molecular formula is C21H37IN4O3S. The molecule has 0 amide bonds. The molecule has 9 heteroatoms. The van der Waals surface area contributed by atoms with Gasteiger partial charge in [0, 0.05) is 45.7 Å². The Morgan fingerprint density at radius 1 is 1.30 bits per heavy atom. The van der Waals surface area contributed by atoms with Gasteiger partial charge in [0.15, 0.2) is 5.96 Å². The predicted octanol–water partition coefficient (Wildman–Crippen LogP) is 2.78. The lowest BCUT2D eigenvalue weighted by Crippen LogP contribution is -2.40. The highest BCUT2D eigenvalue weighted by molar-refractivity contribution is 14.0. The maximum Gasteiger partial charge on any atom is 0.213 e. The summed E-state index contributed by atoms with van der Waals surface area (Å²) in [4.78, 5) is 6.99. The predicted molar refractivity (Wildman–Crippen MR) is 134 cm³/mol. The highest BCUT2D eigenvalue weighted by atomic mass is 127. The number of hydrogen-bond donors (Lipinski definition) is 1. The van der Waals surface area contributed by atoms with Crippen LogP contribution in [0.1, 0.15) is 32.3 Å². The molecule has 0 aromatic heterocycles. The molecule has 172 valence electrons. The molecule has 1 N–H and O–H groups in total. The van der Waals surface area contributed by atoms with Crippen molar-refractivity contribution in [3.63, 3.8) is 0 Å². The summed E-state index contributed by atoms with van der Waals surface area (Å²) in [5, 5.41) is 3.36. The number of sulfonamides is 1. The second kappa shape index (κ2) is 14.2. The number of guanidine groups is 1. The van der Waals surface area contributed by atoms with Gasteiger partial charge in [-0.05, 0) is 32.3 Å². The zero-order valence-corrected chi connectivity index (χ0v) is 21.6. The van der Waals surface area contributed by atoms with E-state index >= 15 is 0 Å². The Kier molecular flexibility index (Phi) is 12.8. The van der Waals surface area contributed by atoms with Gasteiger partial charge in [-0.15, -0.1) is 24.0 Å². The minimum atomic E-state index is -3.12. The van der Waals surface area contributed by atoms with Crippen LogP contribution in [0, 0.1) is 5.92 Å². The van der Waals surface area contributed by atoms with Gasteiger partial charge in [-0.25, -0.2) is 12.7 Å².